The average molecular weight is 310 g/mol. The highest BCUT2D eigenvalue weighted by Crippen LogP contribution is 2.36. The van der Waals surface area contributed by atoms with Crippen molar-refractivity contribution in [3.05, 3.63) is 54.1 Å². The van der Waals surface area contributed by atoms with Gasteiger partial charge in [0.25, 0.3) is 0 Å². The second-order valence-corrected chi connectivity index (χ2v) is 5.77. The van der Waals surface area contributed by atoms with E-state index in [2.05, 4.69) is 5.10 Å². The van der Waals surface area contributed by atoms with Crippen LogP contribution in [0.25, 0.3) is 0 Å². The van der Waals surface area contributed by atoms with Gasteiger partial charge in [0.15, 0.2) is 11.5 Å². The Morgan fingerprint density at radius 2 is 1.96 bits per heavy atom. The van der Waals surface area contributed by atoms with Crippen LogP contribution in [0.15, 0.2) is 53.6 Å². The molecule has 0 spiro atoms. The third-order valence-electron chi connectivity index (χ3n) is 4.05. The van der Waals surface area contributed by atoms with Gasteiger partial charge in [-0.25, -0.2) is 5.01 Å². The monoisotopic (exact) mass is 310 g/mol. The Morgan fingerprint density at radius 3 is 2.57 bits per heavy atom. The Kier molecular flexibility index (Phi) is 3.78. The number of hydrazone groups is 1. The summed E-state index contributed by atoms with van der Waals surface area (Å²) < 4.78 is 5.06. The molecule has 0 bridgehead atoms. The van der Waals surface area contributed by atoms with Crippen LogP contribution < -0.4 is 9.75 Å². The molecule has 2 aromatic rings. The Hall–Kier alpha value is -2.82. The predicted molar refractivity (Wildman–Crippen MR) is 89.0 cm³/mol. The first-order chi connectivity index (χ1) is 11.0. The fourth-order valence-corrected chi connectivity index (χ4v) is 2.69. The van der Waals surface area contributed by atoms with Gasteiger partial charge in [-0.15, -0.1) is 0 Å². The second-order valence-electron chi connectivity index (χ2n) is 5.77. The number of hydrogen-bond acceptors (Lipinski definition) is 4. The molecule has 0 unspecified atom stereocenters. The summed E-state index contributed by atoms with van der Waals surface area (Å²) in [7, 11) is 1.50. The van der Waals surface area contributed by atoms with Crippen molar-refractivity contribution >= 4 is 17.8 Å². The van der Waals surface area contributed by atoms with Crippen LogP contribution in [0.1, 0.15) is 18.9 Å². The van der Waals surface area contributed by atoms with E-state index < -0.39 is 5.41 Å². The number of hydrogen-bond donors (Lipinski definition) is 1. The third-order valence-corrected chi connectivity index (χ3v) is 4.05. The topological polar surface area (TPSA) is 62.1 Å². The number of para-hydroxylation sites is 1. The third kappa shape index (κ3) is 2.77. The Morgan fingerprint density at radius 1 is 1.22 bits per heavy atom. The number of benzene rings is 2. The summed E-state index contributed by atoms with van der Waals surface area (Å²) in [6, 6.07) is 14.5. The first-order valence-corrected chi connectivity index (χ1v) is 7.34. The van der Waals surface area contributed by atoms with E-state index in [-0.39, 0.29) is 18.1 Å². The lowest BCUT2D eigenvalue weighted by Crippen LogP contribution is -2.40. The number of phenolic OH excluding ortho intramolecular Hbond substituents is 1. The number of methoxy groups -OCH3 is 1. The minimum absolute atomic E-state index is 0.0533. The molecule has 2 aromatic carbocycles. The van der Waals surface area contributed by atoms with Crippen LogP contribution in [0.5, 0.6) is 11.5 Å². The molecule has 0 radical (unpaired) electrons. The van der Waals surface area contributed by atoms with Gasteiger partial charge in [-0.2, -0.15) is 5.10 Å². The normalized spacial score (nSPS) is 20.6. The molecule has 1 aliphatic heterocycles. The van der Waals surface area contributed by atoms with Crippen molar-refractivity contribution in [1.29, 1.82) is 0 Å². The lowest BCUT2D eigenvalue weighted by atomic mass is 9.79. The van der Waals surface area contributed by atoms with Gasteiger partial charge in [-0.05, 0) is 36.8 Å². The van der Waals surface area contributed by atoms with Crippen molar-refractivity contribution in [1.82, 2.24) is 0 Å². The Labute approximate surface area is 134 Å². The van der Waals surface area contributed by atoms with Crippen molar-refractivity contribution in [3.8, 4) is 11.5 Å². The van der Waals surface area contributed by atoms with Crippen LogP contribution in [0.3, 0.4) is 0 Å². The van der Waals surface area contributed by atoms with Crippen molar-refractivity contribution in [2.75, 3.05) is 12.1 Å². The highest BCUT2D eigenvalue weighted by atomic mass is 16.5. The lowest BCUT2D eigenvalue weighted by Gasteiger charge is -2.32. The van der Waals surface area contributed by atoms with Crippen molar-refractivity contribution in [2.24, 2.45) is 5.10 Å². The fraction of sp³-hybridized carbons (Fsp3) is 0.222. The molecule has 0 aromatic heterocycles. The van der Waals surface area contributed by atoms with Gasteiger partial charge in [0, 0.05) is 18.1 Å². The molecule has 0 aliphatic carbocycles. The first-order valence-electron chi connectivity index (χ1n) is 7.34. The van der Waals surface area contributed by atoms with Crippen LogP contribution >= 0.6 is 0 Å². The molecule has 3 rings (SSSR count). The SMILES string of the molecule is COc1ccc([C@]2(C)C=NN(c3ccccc3)C(=O)C2)cc1O. The first kappa shape index (κ1) is 15.1. The molecule has 118 valence electrons. The van der Waals surface area contributed by atoms with Gasteiger partial charge in [0.2, 0.25) is 5.91 Å². The molecular formula is C18H18N2O3. The highest BCUT2D eigenvalue weighted by Gasteiger charge is 2.35. The molecule has 1 atom stereocenters. The lowest BCUT2D eigenvalue weighted by molar-refractivity contribution is -0.119. The van der Waals surface area contributed by atoms with E-state index >= 15 is 0 Å². The quantitative estimate of drug-likeness (QED) is 0.947. The van der Waals surface area contributed by atoms with Crippen molar-refractivity contribution in [3.63, 3.8) is 0 Å². The van der Waals surface area contributed by atoms with Crippen LogP contribution in [-0.2, 0) is 10.2 Å². The number of rotatable bonds is 3. The summed E-state index contributed by atoms with van der Waals surface area (Å²) in [6.45, 7) is 1.93. The molecule has 1 amide bonds. The molecule has 1 aliphatic rings. The maximum absolute atomic E-state index is 12.5. The highest BCUT2D eigenvalue weighted by molar-refractivity contribution is 6.00. The summed E-state index contributed by atoms with van der Waals surface area (Å²) in [6.07, 6.45) is 2.03. The molecule has 1 heterocycles. The molecule has 23 heavy (non-hydrogen) atoms. The van der Waals surface area contributed by atoms with Gasteiger partial charge >= 0.3 is 0 Å². The van der Waals surface area contributed by atoms with E-state index in [0.29, 0.717) is 5.75 Å². The van der Waals surface area contributed by atoms with Gasteiger partial charge in [0.05, 0.1) is 12.8 Å². The van der Waals surface area contributed by atoms with Gasteiger partial charge in [-0.1, -0.05) is 24.3 Å². The van der Waals surface area contributed by atoms with Crippen molar-refractivity contribution in [2.45, 2.75) is 18.8 Å². The van der Waals surface area contributed by atoms with Crippen LogP contribution in [0.2, 0.25) is 0 Å². The summed E-state index contributed by atoms with van der Waals surface area (Å²) in [5.74, 6) is 0.372. The number of carbonyl (C=O) groups excluding carboxylic acids is 1. The number of nitrogens with zero attached hydrogens (tertiary/aromatic N) is 2. The maximum atomic E-state index is 12.5. The minimum Gasteiger partial charge on any atom is -0.504 e. The maximum Gasteiger partial charge on any atom is 0.248 e. The van der Waals surface area contributed by atoms with E-state index in [1.54, 1.807) is 18.3 Å². The number of anilines is 1. The van der Waals surface area contributed by atoms with Gasteiger partial charge < -0.3 is 9.84 Å². The van der Waals surface area contributed by atoms with Gasteiger partial charge in [-0.3, -0.25) is 4.79 Å². The summed E-state index contributed by atoms with van der Waals surface area (Å²) >= 11 is 0. The summed E-state index contributed by atoms with van der Waals surface area (Å²) in [4.78, 5) is 12.5. The van der Waals surface area contributed by atoms with Crippen molar-refractivity contribution < 1.29 is 14.6 Å². The van der Waals surface area contributed by atoms with E-state index in [4.69, 9.17) is 4.74 Å². The largest absolute Gasteiger partial charge is 0.504 e. The van der Waals surface area contributed by atoms with E-state index in [9.17, 15) is 9.90 Å². The molecule has 0 fully saturated rings. The smallest absolute Gasteiger partial charge is 0.248 e. The predicted octanol–water partition coefficient (Wildman–Crippen LogP) is 3.08. The van der Waals surface area contributed by atoms with Crippen LogP contribution in [0.4, 0.5) is 5.69 Å². The molecule has 5 heteroatoms. The zero-order valence-electron chi connectivity index (χ0n) is 13.1. The summed E-state index contributed by atoms with van der Waals surface area (Å²) in [5.41, 5.74) is 1.00. The number of aromatic hydroxyl groups is 1. The van der Waals surface area contributed by atoms with Crippen LogP contribution in [-0.4, -0.2) is 24.3 Å². The Bertz CT molecular complexity index is 758. The molecule has 0 saturated heterocycles. The van der Waals surface area contributed by atoms with E-state index in [1.807, 2.05) is 43.3 Å². The number of phenols is 1. The second kappa shape index (κ2) is 5.76. The molecule has 5 nitrogen and oxygen atoms in total. The molecular weight excluding hydrogens is 292 g/mol. The van der Waals surface area contributed by atoms with Gasteiger partial charge in [0.1, 0.15) is 0 Å². The standard InChI is InChI=1S/C18H18N2O3/c1-18(13-8-9-16(23-2)15(21)10-13)11-17(22)20(19-12-18)14-6-4-3-5-7-14/h3-10,12,21H,11H2,1-2H3/t18-/m0/s1. The average Bonchev–Trinajstić information content (AvgIpc) is 2.55. The number of ether oxygens (including phenoxy) is 1. The van der Waals surface area contributed by atoms with E-state index in [0.717, 1.165) is 11.3 Å². The summed E-state index contributed by atoms with van der Waals surface area (Å²) in [5, 5.41) is 15.7. The zero-order chi connectivity index (χ0) is 16.4. The Balaban J connectivity index is 1.93. The molecule has 1 N–H and O–H groups in total. The van der Waals surface area contributed by atoms with Crippen LogP contribution in [0, 0.1) is 0 Å². The zero-order valence-corrected chi connectivity index (χ0v) is 13.1. The molecule has 0 saturated carbocycles. The number of amides is 1. The van der Waals surface area contributed by atoms with E-state index in [1.165, 1.54) is 12.1 Å². The fourth-order valence-electron chi connectivity index (χ4n) is 2.69. The number of carbonyl (C=O) groups is 1. The minimum atomic E-state index is -0.563.